The van der Waals surface area contributed by atoms with Gasteiger partial charge in [0, 0.05) is 42.3 Å². The molecule has 0 saturated heterocycles. The molecule has 0 fully saturated rings. The number of fused-ring (bicyclic) bond motifs is 3. The SMILES string of the molecule is CCOC(=O)Oc1ncc2[nH]c3cccc(Cn4ccnc4)c3c2c1COC. The van der Waals surface area contributed by atoms with Gasteiger partial charge in [-0.15, -0.1) is 0 Å². The molecule has 0 unspecified atom stereocenters. The van der Waals surface area contributed by atoms with E-state index in [0.717, 1.165) is 27.4 Å². The number of carbonyl (C=O) groups excluding carboxylic acids is 1. The van der Waals surface area contributed by atoms with E-state index in [1.165, 1.54) is 0 Å². The number of ether oxygens (including phenoxy) is 3. The topological polar surface area (TPSA) is 91.3 Å². The second-order valence-electron chi connectivity index (χ2n) is 6.25. The maximum atomic E-state index is 11.8. The van der Waals surface area contributed by atoms with Crippen LogP contribution in [0, 0.1) is 0 Å². The predicted molar refractivity (Wildman–Crippen MR) is 103 cm³/mol. The Balaban J connectivity index is 1.91. The van der Waals surface area contributed by atoms with Gasteiger partial charge in [0.1, 0.15) is 0 Å². The number of carbonyl (C=O) groups is 1. The zero-order valence-corrected chi connectivity index (χ0v) is 15.6. The first-order valence-electron chi connectivity index (χ1n) is 8.91. The second-order valence-corrected chi connectivity index (χ2v) is 6.25. The normalized spacial score (nSPS) is 11.2. The van der Waals surface area contributed by atoms with Crippen LogP contribution < -0.4 is 4.74 Å². The third-order valence-electron chi connectivity index (χ3n) is 4.45. The molecule has 144 valence electrons. The molecule has 3 heterocycles. The average molecular weight is 380 g/mol. The molecule has 8 nitrogen and oxygen atoms in total. The molecular weight excluding hydrogens is 360 g/mol. The van der Waals surface area contributed by atoms with Gasteiger partial charge in [-0.05, 0) is 18.6 Å². The molecule has 0 radical (unpaired) electrons. The van der Waals surface area contributed by atoms with E-state index in [1.807, 2.05) is 22.9 Å². The maximum Gasteiger partial charge on any atom is 0.515 e. The number of hydrogen-bond donors (Lipinski definition) is 1. The molecular formula is C20H20N4O4. The van der Waals surface area contributed by atoms with Crippen molar-refractivity contribution in [3.05, 3.63) is 54.2 Å². The van der Waals surface area contributed by atoms with Gasteiger partial charge in [0.05, 0.1) is 36.8 Å². The van der Waals surface area contributed by atoms with Crippen molar-refractivity contribution < 1.29 is 19.0 Å². The summed E-state index contributed by atoms with van der Waals surface area (Å²) in [5.74, 6) is 0.186. The molecule has 0 atom stereocenters. The summed E-state index contributed by atoms with van der Waals surface area (Å²) in [6, 6.07) is 6.08. The van der Waals surface area contributed by atoms with Crippen LogP contribution in [-0.2, 0) is 22.6 Å². The van der Waals surface area contributed by atoms with Crippen molar-refractivity contribution >= 4 is 28.0 Å². The van der Waals surface area contributed by atoms with Gasteiger partial charge in [0.15, 0.2) is 0 Å². The number of nitrogens with one attached hydrogen (secondary N) is 1. The zero-order chi connectivity index (χ0) is 19.5. The van der Waals surface area contributed by atoms with Crippen molar-refractivity contribution in [3.63, 3.8) is 0 Å². The summed E-state index contributed by atoms with van der Waals surface area (Å²) in [5.41, 5.74) is 3.61. The van der Waals surface area contributed by atoms with E-state index in [0.29, 0.717) is 12.1 Å². The number of imidazole rings is 1. The molecule has 1 aromatic carbocycles. The lowest BCUT2D eigenvalue weighted by Gasteiger charge is -2.11. The molecule has 28 heavy (non-hydrogen) atoms. The number of nitrogens with zero attached hydrogens (tertiary/aromatic N) is 3. The molecule has 8 heteroatoms. The van der Waals surface area contributed by atoms with Crippen LogP contribution in [0.2, 0.25) is 0 Å². The number of benzene rings is 1. The number of rotatable bonds is 6. The number of aromatic amines is 1. The summed E-state index contributed by atoms with van der Waals surface area (Å²) in [6.07, 6.45) is 6.32. The van der Waals surface area contributed by atoms with Crippen molar-refractivity contribution in [2.75, 3.05) is 13.7 Å². The van der Waals surface area contributed by atoms with E-state index in [2.05, 4.69) is 21.0 Å². The molecule has 0 bridgehead atoms. The minimum absolute atomic E-state index is 0.186. The van der Waals surface area contributed by atoms with Crippen LogP contribution >= 0.6 is 0 Å². The van der Waals surface area contributed by atoms with Crippen LogP contribution in [0.5, 0.6) is 5.88 Å². The molecule has 4 aromatic rings. The largest absolute Gasteiger partial charge is 0.515 e. The van der Waals surface area contributed by atoms with Gasteiger partial charge >= 0.3 is 6.16 Å². The number of H-pyrrole nitrogens is 1. The van der Waals surface area contributed by atoms with Crippen LogP contribution in [0.3, 0.4) is 0 Å². The quantitative estimate of drug-likeness (QED) is 0.514. The Hall–Kier alpha value is -3.39. The zero-order valence-electron chi connectivity index (χ0n) is 15.6. The van der Waals surface area contributed by atoms with Gasteiger partial charge in [-0.2, -0.15) is 0 Å². The van der Waals surface area contributed by atoms with Crippen LogP contribution in [-0.4, -0.2) is 39.4 Å². The lowest BCUT2D eigenvalue weighted by atomic mass is 10.0. The first kappa shape index (κ1) is 18.0. The third-order valence-corrected chi connectivity index (χ3v) is 4.45. The fourth-order valence-corrected chi connectivity index (χ4v) is 3.36. The summed E-state index contributed by atoms with van der Waals surface area (Å²) in [4.78, 5) is 23.6. The summed E-state index contributed by atoms with van der Waals surface area (Å²) in [7, 11) is 1.59. The van der Waals surface area contributed by atoms with Crippen molar-refractivity contribution in [1.82, 2.24) is 19.5 Å². The van der Waals surface area contributed by atoms with Gasteiger partial charge in [0.2, 0.25) is 5.88 Å². The lowest BCUT2D eigenvalue weighted by molar-refractivity contribution is 0.101. The van der Waals surface area contributed by atoms with Crippen molar-refractivity contribution in [1.29, 1.82) is 0 Å². The van der Waals surface area contributed by atoms with Crippen LogP contribution in [0.4, 0.5) is 4.79 Å². The van der Waals surface area contributed by atoms with E-state index in [-0.39, 0.29) is 19.1 Å². The second kappa shape index (κ2) is 7.69. The Bertz CT molecular complexity index is 1120. The third kappa shape index (κ3) is 3.29. The number of hydrogen-bond acceptors (Lipinski definition) is 6. The fourth-order valence-electron chi connectivity index (χ4n) is 3.36. The van der Waals surface area contributed by atoms with E-state index in [9.17, 15) is 4.79 Å². The van der Waals surface area contributed by atoms with Gasteiger partial charge < -0.3 is 23.8 Å². The number of aromatic nitrogens is 4. The maximum absolute atomic E-state index is 11.8. The highest BCUT2D eigenvalue weighted by Crippen LogP contribution is 2.35. The predicted octanol–water partition coefficient (Wildman–Crippen LogP) is 3.64. The summed E-state index contributed by atoms with van der Waals surface area (Å²) in [6.45, 7) is 2.84. The highest BCUT2D eigenvalue weighted by atomic mass is 16.7. The van der Waals surface area contributed by atoms with Crippen molar-refractivity contribution in [3.8, 4) is 5.88 Å². The molecule has 0 aliphatic carbocycles. The van der Waals surface area contributed by atoms with Crippen LogP contribution in [0.15, 0.2) is 43.1 Å². The summed E-state index contributed by atoms with van der Waals surface area (Å²) < 4.78 is 17.6. The summed E-state index contributed by atoms with van der Waals surface area (Å²) >= 11 is 0. The Kier molecular flexibility index (Phi) is 4.94. The van der Waals surface area contributed by atoms with Crippen molar-refractivity contribution in [2.24, 2.45) is 0 Å². The minimum Gasteiger partial charge on any atom is -0.434 e. The Labute approximate surface area is 161 Å². The smallest absolute Gasteiger partial charge is 0.434 e. The Morgan fingerprint density at radius 3 is 2.89 bits per heavy atom. The molecule has 0 spiro atoms. The van der Waals surface area contributed by atoms with E-state index in [4.69, 9.17) is 14.2 Å². The molecule has 4 rings (SSSR count). The molecule has 0 saturated carbocycles. The average Bonchev–Trinajstić information content (AvgIpc) is 3.32. The first-order valence-corrected chi connectivity index (χ1v) is 8.91. The first-order chi connectivity index (χ1) is 13.7. The minimum atomic E-state index is -0.787. The Morgan fingerprint density at radius 2 is 2.14 bits per heavy atom. The van der Waals surface area contributed by atoms with Gasteiger partial charge in [0.25, 0.3) is 0 Å². The van der Waals surface area contributed by atoms with Crippen molar-refractivity contribution in [2.45, 2.75) is 20.1 Å². The monoisotopic (exact) mass is 380 g/mol. The molecule has 1 N–H and O–H groups in total. The summed E-state index contributed by atoms with van der Waals surface area (Å²) in [5, 5.41) is 1.95. The van der Waals surface area contributed by atoms with Crippen LogP contribution in [0.1, 0.15) is 18.1 Å². The Morgan fingerprint density at radius 1 is 1.25 bits per heavy atom. The van der Waals surface area contributed by atoms with Gasteiger partial charge in [-0.1, -0.05) is 12.1 Å². The highest BCUT2D eigenvalue weighted by Gasteiger charge is 2.20. The van der Waals surface area contributed by atoms with E-state index < -0.39 is 6.16 Å². The van der Waals surface area contributed by atoms with Crippen LogP contribution in [0.25, 0.3) is 21.8 Å². The van der Waals surface area contributed by atoms with E-state index in [1.54, 1.807) is 32.8 Å². The highest BCUT2D eigenvalue weighted by molar-refractivity contribution is 6.11. The number of pyridine rings is 1. The molecule has 0 aliphatic heterocycles. The standard InChI is InChI=1S/C20H20N4O4/c1-3-27-20(25)28-19-14(11-26-2)18-16(9-22-19)23-15-6-4-5-13(17(15)18)10-24-8-7-21-12-24/h4-9,12,23H,3,10-11H2,1-2H3. The van der Waals surface area contributed by atoms with Gasteiger partial charge in [-0.3, -0.25) is 0 Å². The van der Waals surface area contributed by atoms with E-state index >= 15 is 0 Å². The molecule has 0 aliphatic rings. The lowest BCUT2D eigenvalue weighted by Crippen LogP contribution is -2.12. The van der Waals surface area contributed by atoms with Gasteiger partial charge in [-0.25, -0.2) is 14.8 Å². The molecule has 3 aromatic heterocycles. The number of methoxy groups -OCH3 is 1. The molecule has 0 amide bonds. The fraction of sp³-hybridized carbons (Fsp3) is 0.250.